The van der Waals surface area contributed by atoms with Gasteiger partial charge in [0.25, 0.3) is 5.91 Å². The van der Waals surface area contributed by atoms with Crippen molar-refractivity contribution in [3.63, 3.8) is 0 Å². The summed E-state index contributed by atoms with van der Waals surface area (Å²) in [7, 11) is 0. The lowest BCUT2D eigenvalue weighted by atomic mass is 9.98. The first kappa shape index (κ1) is 19.1. The molecule has 4 aliphatic heterocycles. The van der Waals surface area contributed by atoms with Gasteiger partial charge in [-0.2, -0.15) is 0 Å². The summed E-state index contributed by atoms with van der Waals surface area (Å²) < 4.78 is 40.9. The standard InChI is InChI=1S/C20H25NO8/c1-19(2)26-13-14(27-19)16-18(29-20(3,4)28-16)25-15(13)17(22)21-10-5-6-11-12(9-10)24-8-7-23-11/h5-6,9,13-16,18H,7-8H2,1-4H3,(H,21,22)/t13-,14+,15?,16-,18-/m1/s1. The normalized spacial score (nSPS) is 36.2. The van der Waals surface area contributed by atoms with Crippen molar-refractivity contribution in [3.05, 3.63) is 18.2 Å². The Kier molecular flexibility index (Phi) is 4.31. The molecule has 1 N–H and O–H groups in total. The summed E-state index contributed by atoms with van der Waals surface area (Å²) in [5.41, 5.74) is 0.573. The number of benzene rings is 1. The lowest BCUT2D eigenvalue weighted by Gasteiger charge is -2.36. The summed E-state index contributed by atoms with van der Waals surface area (Å²) >= 11 is 0. The summed E-state index contributed by atoms with van der Waals surface area (Å²) in [5.74, 6) is -0.813. The summed E-state index contributed by atoms with van der Waals surface area (Å²) in [4.78, 5) is 13.1. The molecule has 0 aliphatic carbocycles. The van der Waals surface area contributed by atoms with Crippen molar-refractivity contribution in [2.24, 2.45) is 0 Å². The number of hydrogen-bond donors (Lipinski definition) is 1. The van der Waals surface area contributed by atoms with Gasteiger partial charge in [-0.05, 0) is 39.8 Å². The van der Waals surface area contributed by atoms with Crippen LogP contribution in [0.15, 0.2) is 18.2 Å². The minimum Gasteiger partial charge on any atom is -0.486 e. The van der Waals surface area contributed by atoms with Crippen LogP contribution < -0.4 is 14.8 Å². The molecule has 1 aromatic rings. The highest BCUT2D eigenvalue weighted by Crippen LogP contribution is 2.44. The van der Waals surface area contributed by atoms with E-state index in [9.17, 15) is 4.79 Å². The lowest BCUT2D eigenvalue weighted by molar-refractivity contribution is -0.229. The maximum Gasteiger partial charge on any atom is 0.256 e. The van der Waals surface area contributed by atoms with Crippen LogP contribution in [0.5, 0.6) is 11.5 Å². The van der Waals surface area contributed by atoms with Crippen LogP contribution in [0.1, 0.15) is 27.7 Å². The van der Waals surface area contributed by atoms with Gasteiger partial charge in [0.15, 0.2) is 35.5 Å². The number of ether oxygens (including phenoxy) is 7. The van der Waals surface area contributed by atoms with Crippen molar-refractivity contribution in [1.29, 1.82) is 0 Å². The second kappa shape index (κ2) is 6.55. The number of carbonyl (C=O) groups is 1. The molecule has 4 aliphatic rings. The van der Waals surface area contributed by atoms with Gasteiger partial charge in [0, 0.05) is 11.8 Å². The third-order valence-corrected chi connectivity index (χ3v) is 5.22. The molecule has 4 heterocycles. The Morgan fingerprint density at radius 2 is 1.55 bits per heavy atom. The predicted octanol–water partition coefficient (Wildman–Crippen LogP) is 1.79. The SMILES string of the molecule is CC1(C)O[C@H]2OC(C(=O)Nc3ccc4c(c3)OCCO4)[C@@H]3OC(C)(C)O[C@@H]3[C@H]2O1. The van der Waals surface area contributed by atoms with Gasteiger partial charge >= 0.3 is 0 Å². The van der Waals surface area contributed by atoms with Crippen molar-refractivity contribution in [2.75, 3.05) is 18.5 Å². The van der Waals surface area contributed by atoms with Crippen LogP contribution in [0, 0.1) is 0 Å². The Balaban J connectivity index is 1.37. The number of hydrogen-bond acceptors (Lipinski definition) is 8. The summed E-state index contributed by atoms with van der Waals surface area (Å²) in [6, 6.07) is 5.24. The van der Waals surface area contributed by atoms with Gasteiger partial charge in [0.05, 0.1) is 0 Å². The Hall–Kier alpha value is -1.91. The Morgan fingerprint density at radius 1 is 0.897 bits per heavy atom. The topological polar surface area (TPSA) is 93.7 Å². The highest BCUT2D eigenvalue weighted by Gasteiger charge is 2.62. The van der Waals surface area contributed by atoms with Crippen LogP contribution in [-0.4, -0.2) is 61.4 Å². The molecule has 3 fully saturated rings. The molecular formula is C20H25NO8. The Bertz CT molecular complexity index is 825. The lowest BCUT2D eigenvalue weighted by Crippen LogP contribution is -2.58. The van der Waals surface area contributed by atoms with E-state index in [2.05, 4.69) is 5.32 Å². The second-order valence-corrected chi connectivity index (χ2v) is 8.44. The first-order chi connectivity index (χ1) is 13.7. The molecule has 29 heavy (non-hydrogen) atoms. The minimum atomic E-state index is -0.922. The van der Waals surface area contributed by atoms with Crippen molar-refractivity contribution in [3.8, 4) is 11.5 Å². The molecule has 0 radical (unpaired) electrons. The van der Waals surface area contributed by atoms with E-state index in [0.717, 1.165) is 0 Å². The fraction of sp³-hybridized carbons (Fsp3) is 0.650. The van der Waals surface area contributed by atoms with Crippen molar-refractivity contribution in [2.45, 2.75) is 70.0 Å². The number of fused-ring (bicyclic) bond motifs is 4. The average Bonchev–Trinajstić information content (AvgIpc) is 3.14. The summed E-state index contributed by atoms with van der Waals surface area (Å²) in [5, 5.41) is 2.87. The third kappa shape index (κ3) is 3.47. The molecule has 5 rings (SSSR count). The van der Waals surface area contributed by atoms with Crippen LogP contribution in [0.4, 0.5) is 5.69 Å². The molecular weight excluding hydrogens is 382 g/mol. The molecule has 9 heteroatoms. The van der Waals surface area contributed by atoms with Gasteiger partial charge in [-0.3, -0.25) is 4.79 Å². The Labute approximate surface area is 168 Å². The molecule has 0 bridgehead atoms. The fourth-order valence-corrected chi connectivity index (χ4v) is 4.16. The van der Waals surface area contributed by atoms with E-state index in [1.54, 1.807) is 45.9 Å². The molecule has 0 aromatic heterocycles. The molecule has 5 atom stereocenters. The zero-order valence-electron chi connectivity index (χ0n) is 16.8. The number of anilines is 1. The maximum atomic E-state index is 13.1. The van der Waals surface area contributed by atoms with Crippen molar-refractivity contribution in [1.82, 2.24) is 0 Å². The van der Waals surface area contributed by atoms with Gasteiger partial charge < -0.3 is 38.5 Å². The molecule has 3 saturated heterocycles. The highest BCUT2D eigenvalue weighted by molar-refractivity contribution is 5.95. The van der Waals surface area contributed by atoms with Crippen LogP contribution in [0.2, 0.25) is 0 Å². The van der Waals surface area contributed by atoms with Crippen LogP contribution in [0.3, 0.4) is 0 Å². The van der Waals surface area contributed by atoms with E-state index in [0.29, 0.717) is 30.4 Å². The average molecular weight is 407 g/mol. The van der Waals surface area contributed by atoms with Crippen LogP contribution >= 0.6 is 0 Å². The maximum absolute atomic E-state index is 13.1. The number of carbonyl (C=O) groups excluding carboxylic acids is 1. The number of nitrogens with one attached hydrogen (secondary N) is 1. The van der Waals surface area contributed by atoms with Crippen molar-refractivity contribution < 1.29 is 38.0 Å². The van der Waals surface area contributed by atoms with Gasteiger partial charge in [0.1, 0.15) is 31.5 Å². The predicted molar refractivity (Wildman–Crippen MR) is 98.6 cm³/mol. The van der Waals surface area contributed by atoms with Crippen LogP contribution in [0.25, 0.3) is 0 Å². The smallest absolute Gasteiger partial charge is 0.256 e. The number of rotatable bonds is 2. The van der Waals surface area contributed by atoms with E-state index < -0.39 is 42.3 Å². The van der Waals surface area contributed by atoms with Gasteiger partial charge in [-0.1, -0.05) is 0 Å². The summed E-state index contributed by atoms with van der Waals surface area (Å²) in [6.45, 7) is 8.18. The third-order valence-electron chi connectivity index (χ3n) is 5.22. The van der Waals surface area contributed by atoms with Crippen LogP contribution in [-0.2, 0) is 28.5 Å². The molecule has 1 aromatic carbocycles. The number of amides is 1. The zero-order valence-corrected chi connectivity index (χ0v) is 16.8. The van der Waals surface area contributed by atoms with Crippen molar-refractivity contribution >= 4 is 11.6 Å². The summed E-state index contributed by atoms with van der Waals surface area (Å²) in [6.07, 6.45) is -3.23. The first-order valence-corrected chi connectivity index (χ1v) is 9.78. The van der Waals surface area contributed by atoms with E-state index in [1.807, 2.05) is 0 Å². The highest BCUT2D eigenvalue weighted by atomic mass is 16.9. The van der Waals surface area contributed by atoms with Gasteiger partial charge in [-0.25, -0.2) is 0 Å². The molecule has 1 amide bonds. The fourth-order valence-electron chi connectivity index (χ4n) is 4.16. The molecule has 0 saturated carbocycles. The monoisotopic (exact) mass is 407 g/mol. The quantitative estimate of drug-likeness (QED) is 0.793. The molecule has 158 valence electrons. The zero-order chi connectivity index (χ0) is 20.4. The first-order valence-electron chi connectivity index (χ1n) is 9.78. The second-order valence-electron chi connectivity index (χ2n) is 8.44. The molecule has 1 unspecified atom stereocenters. The minimum absolute atomic E-state index is 0.357. The molecule has 0 spiro atoms. The van der Waals surface area contributed by atoms with E-state index >= 15 is 0 Å². The van der Waals surface area contributed by atoms with E-state index in [-0.39, 0.29) is 5.91 Å². The van der Waals surface area contributed by atoms with Gasteiger partial charge in [-0.15, -0.1) is 0 Å². The van der Waals surface area contributed by atoms with Gasteiger partial charge in [0.2, 0.25) is 0 Å². The van der Waals surface area contributed by atoms with E-state index in [4.69, 9.17) is 33.2 Å². The largest absolute Gasteiger partial charge is 0.486 e. The Morgan fingerprint density at radius 3 is 2.34 bits per heavy atom. The molecule has 9 nitrogen and oxygen atoms in total. The van der Waals surface area contributed by atoms with E-state index in [1.165, 1.54) is 0 Å².